The van der Waals surface area contributed by atoms with Gasteiger partial charge in [0.25, 0.3) is 5.91 Å². The predicted molar refractivity (Wildman–Crippen MR) is 71.5 cm³/mol. The summed E-state index contributed by atoms with van der Waals surface area (Å²) in [5, 5.41) is 12.0. The number of hydrogen-bond donors (Lipinski definition) is 1. The average Bonchev–Trinajstić information content (AvgIpc) is 3.24. The van der Waals surface area contributed by atoms with Crippen LogP contribution in [-0.4, -0.2) is 48.0 Å². The lowest BCUT2D eigenvalue weighted by Gasteiger charge is -2.16. The molecule has 0 aromatic heterocycles. The van der Waals surface area contributed by atoms with Crippen molar-refractivity contribution >= 4 is 11.6 Å². The first-order chi connectivity index (χ1) is 9.69. The molecule has 20 heavy (non-hydrogen) atoms. The van der Waals surface area contributed by atoms with Crippen LogP contribution in [0, 0.1) is 0 Å². The van der Waals surface area contributed by atoms with E-state index in [0.717, 1.165) is 18.4 Å². The molecule has 0 saturated heterocycles. The molecule has 1 fully saturated rings. The topological polar surface area (TPSA) is 71.4 Å². The standard InChI is InChI=1S/C14H16N2O4/c1-16(9-2-3-9)14(17)8-19-10-4-5-11-12(15-18)7-20-13(11)6-10/h4-6,9,18H,2-3,7-8H2,1H3. The van der Waals surface area contributed by atoms with Gasteiger partial charge in [-0.1, -0.05) is 5.16 Å². The van der Waals surface area contributed by atoms with Crippen molar-refractivity contribution in [2.45, 2.75) is 18.9 Å². The molecular weight excluding hydrogens is 260 g/mol. The number of benzene rings is 1. The van der Waals surface area contributed by atoms with Gasteiger partial charge in [-0.2, -0.15) is 0 Å². The van der Waals surface area contributed by atoms with Crippen LogP contribution in [0.1, 0.15) is 18.4 Å². The Morgan fingerprint density at radius 1 is 1.55 bits per heavy atom. The van der Waals surface area contributed by atoms with Crippen molar-refractivity contribution in [3.8, 4) is 11.5 Å². The molecule has 6 heteroatoms. The molecular formula is C14H16N2O4. The molecule has 0 radical (unpaired) electrons. The Kier molecular flexibility index (Phi) is 3.22. The molecule has 106 valence electrons. The zero-order valence-electron chi connectivity index (χ0n) is 11.2. The Morgan fingerprint density at radius 2 is 2.35 bits per heavy atom. The second-order valence-corrected chi connectivity index (χ2v) is 5.02. The average molecular weight is 276 g/mol. The second-order valence-electron chi connectivity index (χ2n) is 5.02. The number of carbonyl (C=O) groups excluding carboxylic acids is 1. The summed E-state index contributed by atoms with van der Waals surface area (Å²) in [5.74, 6) is 1.16. The third-order valence-corrected chi connectivity index (χ3v) is 3.60. The maximum atomic E-state index is 11.8. The van der Waals surface area contributed by atoms with Gasteiger partial charge in [0.05, 0.1) is 0 Å². The van der Waals surface area contributed by atoms with Crippen LogP contribution in [0.4, 0.5) is 0 Å². The lowest BCUT2D eigenvalue weighted by atomic mass is 10.1. The Bertz CT molecular complexity index is 566. The molecule has 3 rings (SSSR count). The van der Waals surface area contributed by atoms with E-state index >= 15 is 0 Å². The van der Waals surface area contributed by atoms with Crippen molar-refractivity contribution in [2.75, 3.05) is 20.3 Å². The van der Waals surface area contributed by atoms with Crippen LogP contribution < -0.4 is 9.47 Å². The van der Waals surface area contributed by atoms with Gasteiger partial charge in [-0.05, 0) is 25.0 Å². The van der Waals surface area contributed by atoms with Gasteiger partial charge in [-0.3, -0.25) is 4.79 Å². The number of rotatable bonds is 4. The second kappa shape index (κ2) is 5.03. The van der Waals surface area contributed by atoms with Crippen LogP contribution in [0.15, 0.2) is 23.4 Å². The number of hydrogen-bond acceptors (Lipinski definition) is 5. The summed E-state index contributed by atoms with van der Waals surface area (Å²) in [6.45, 7) is 0.269. The quantitative estimate of drug-likeness (QED) is 0.664. The van der Waals surface area contributed by atoms with E-state index in [0.29, 0.717) is 23.3 Å². The molecule has 0 spiro atoms. The van der Waals surface area contributed by atoms with Crippen molar-refractivity contribution in [3.05, 3.63) is 23.8 Å². The van der Waals surface area contributed by atoms with Gasteiger partial charge in [0.2, 0.25) is 0 Å². The summed E-state index contributed by atoms with van der Waals surface area (Å²) in [4.78, 5) is 13.6. The fourth-order valence-electron chi connectivity index (χ4n) is 2.17. The molecule has 1 saturated carbocycles. The summed E-state index contributed by atoms with van der Waals surface area (Å²) in [6.07, 6.45) is 2.16. The molecule has 2 aliphatic rings. The highest BCUT2D eigenvalue weighted by Gasteiger charge is 2.29. The Balaban J connectivity index is 1.63. The van der Waals surface area contributed by atoms with Crippen molar-refractivity contribution < 1.29 is 19.5 Å². The Labute approximate surface area is 116 Å². The van der Waals surface area contributed by atoms with Crippen molar-refractivity contribution in [2.24, 2.45) is 5.16 Å². The molecule has 1 N–H and O–H groups in total. The normalized spacial score (nSPS) is 18.6. The molecule has 1 amide bonds. The number of ether oxygens (including phenoxy) is 2. The predicted octanol–water partition coefficient (Wildman–Crippen LogP) is 1.26. The van der Waals surface area contributed by atoms with Crippen LogP contribution in [0.25, 0.3) is 0 Å². The SMILES string of the molecule is CN(C(=O)COc1ccc2c(c1)OCC2=NO)C1CC1. The van der Waals surface area contributed by atoms with Crippen LogP contribution >= 0.6 is 0 Å². The van der Waals surface area contributed by atoms with E-state index in [4.69, 9.17) is 14.7 Å². The lowest BCUT2D eigenvalue weighted by Crippen LogP contribution is -2.33. The summed E-state index contributed by atoms with van der Waals surface area (Å²) in [5.41, 5.74) is 1.25. The van der Waals surface area contributed by atoms with Crippen molar-refractivity contribution in [1.82, 2.24) is 4.90 Å². The summed E-state index contributed by atoms with van der Waals surface area (Å²) >= 11 is 0. The summed E-state index contributed by atoms with van der Waals surface area (Å²) in [7, 11) is 1.80. The van der Waals surface area contributed by atoms with E-state index in [1.165, 1.54) is 0 Å². The van der Waals surface area contributed by atoms with E-state index in [9.17, 15) is 4.79 Å². The van der Waals surface area contributed by atoms with Gasteiger partial charge in [0.15, 0.2) is 6.61 Å². The maximum absolute atomic E-state index is 11.8. The first-order valence-corrected chi connectivity index (χ1v) is 6.55. The maximum Gasteiger partial charge on any atom is 0.260 e. The Morgan fingerprint density at radius 3 is 3.05 bits per heavy atom. The highest BCUT2D eigenvalue weighted by molar-refractivity contribution is 6.06. The molecule has 0 bridgehead atoms. The fraction of sp³-hybridized carbons (Fsp3) is 0.429. The lowest BCUT2D eigenvalue weighted by molar-refractivity contribution is -0.132. The van der Waals surface area contributed by atoms with E-state index in [-0.39, 0.29) is 19.1 Å². The largest absolute Gasteiger partial charge is 0.486 e. The van der Waals surface area contributed by atoms with Gasteiger partial charge in [0.1, 0.15) is 23.8 Å². The minimum absolute atomic E-state index is 0.0206. The van der Waals surface area contributed by atoms with E-state index < -0.39 is 0 Å². The molecule has 1 heterocycles. The number of carbonyl (C=O) groups is 1. The molecule has 1 aromatic carbocycles. The minimum Gasteiger partial charge on any atom is -0.486 e. The van der Waals surface area contributed by atoms with Crippen molar-refractivity contribution in [1.29, 1.82) is 0 Å². The van der Waals surface area contributed by atoms with E-state index in [1.54, 1.807) is 30.1 Å². The first kappa shape index (κ1) is 12.8. The highest BCUT2D eigenvalue weighted by Crippen LogP contribution is 2.30. The number of oxime groups is 1. The highest BCUT2D eigenvalue weighted by atomic mass is 16.5. The number of likely N-dealkylation sites (N-methyl/N-ethyl adjacent to an activating group) is 1. The molecule has 1 aliphatic carbocycles. The van der Waals surface area contributed by atoms with Crippen molar-refractivity contribution in [3.63, 3.8) is 0 Å². The molecule has 1 aliphatic heterocycles. The molecule has 0 atom stereocenters. The zero-order chi connectivity index (χ0) is 14.1. The van der Waals surface area contributed by atoms with Gasteiger partial charge in [-0.15, -0.1) is 0 Å². The zero-order valence-corrected chi connectivity index (χ0v) is 11.2. The third-order valence-electron chi connectivity index (χ3n) is 3.60. The Hall–Kier alpha value is -2.24. The molecule has 6 nitrogen and oxygen atoms in total. The minimum atomic E-state index is -0.0217. The van der Waals surface area contributed by atoms with Crippen LogP contribution in [-0.2, 0) is 4.79 Å². The monoisotopic (exact) mass is 276 g/mol. The first-order valence-electron chi connectivity index (χ1n) is 6.55. The summed E-state index contributed by atoms with van der Waals surface area (Å²) < 4.78 is 10.9. The van der Waals surface area contributed by atoms with Crippen LogP contribution in [0.3, 0.4) is 0 Å². The number of amides is 1. The number of nitrogens with zero attached hydrogens (tertiary/aromatic N) is 2. The van der Waals surface area contributed by atoms with Gasteiger partial charge in [-0.25, -0.2) is 0 Å². The van der Waals surface area contributed by atoms with Gasteiger partial charge < -0.3 is 19.6 Å². The molecule has 0 unspecified atom stereocenters. The van der Waals surface area contributed by atoms with Crippen LogP contribution in [0.5, 0.6) is 11.5 Å². The summed E-state index contributed by atoms with van der Waals surface area (Å²) in [6, 6.07) is 5.60. The van der Waals surface area contributed by atoms with E-state index in [2.05, 4.69) is 5.16 Å². The van der Waals surface area contributed by atoms with Crippen LogP contribution in [0.2, 0.25) is 0 Å². The smallest absolute Gasteiger partial charge is 0.260 e. The fourth-order valence-corrected chi connectivity index (χ4v) is 2.17. The van der Waals surface area contributed by atoms with Gasteiger partial charge in [0, 0.05) is 24.7 Å². The van der Waals surface area contributed by atoms with Gasteiger partial charge >= 0.3 is 0 Å². The van der Waals surface area contributed by atoms with E-state index in [1.807, 2.05) is 0 Å². The third kappa shape index (κ3) is 2.41. The number of fused-ring (bicyclic) bond motifs is 1. The molecule has 1 aromatic rings.